The van der Waals surface area contributed by atoms with Crippen molar-refractivity contribution < 1.29 is 71.6 Å². The van der Waals surface area contributed by atoms with Crippen LogP contribution in [0.25, 0.3) is 21.7 Å². The summed E-state index contributed by atoms with van der Waals surface area (Å²) in [6.45, 7) is 3.42. The fourth-order valence-corrected chi connectivity index (χ4v) is 9.51. The molecular weight excluding hydrogens is 1090 g/mol. The molecule has 7 aromatic rings. The van der Waals surface area contributed by atoms with Crippen molar-refractivity contribution in [3.05, 3.63) is 167 Å². The number of hydrogen-bond donors (Lipinski definition) is 10. The summed E-state index contributed by atoms with van der Waals surface area (Å²) < 4.78 is 131. The molecule has 6 aromatic carbocycles. The Labute approximate surface area is 453 Å². The van der Waals surface area contributed by atoms with Crippen molar-refractivity contribution in [2.24, 2.45) is 11.5 Å². The zero-order valence-electron chi connectivity index (χ0n) is 42.4. The van der Waals surface area contributed by atoms with Gasteiger partial charge in [-0.25, -0.2) is 0 Å². The van der Waals surface area contributed by atoms with Crippen molar-refractivity contribution in [3.63, 3.8) is 0 Å². The third-order valence-electron chi connectivity index (χ3n) is 11.3. The first kappa shape index (κ1) is 63.7. The van der Waals surface area contributed by atoms with Crippen LogP contribution in [0.3, 0.4) is 0 Å². The molecule has 0 saturated carbocycles. The third kappa shape index (κ3) is 21.2. The predicted molar refractivity (Wildman–Crippen MR) is 298 cm³/mol. The molecule has 0 saturated heterocycles. The molecule has 0 unspecified atom stereocenters. The molecule has 78 heavy (non-hydrogen) atoms. The number of unbranched alkanes of at least 4 members (excludes halogenated alkanes) is 2. The molecule has 422 valence electrons. The van der Waals surface area contributed by atoms with Crippen LogP contribution in [0.2, 0.25) is 0 Å². The monoisotopic (exact) mass is 1160 g/mol. The number of nitrogen functional groups attached to an aromatic ring is 2. The van der Waals surface area contributed by atoms with Gasteiger partial charge >= 0.3 is 0 Å². The molecular formula is C52H64N6O16S4. The molecule has 22 nitrogen and oxygen atoms in total. The molecule has 12 N–H and O–H groups in total. The van der Waals surface area contributed by atoms with Crippen LogP contribution in [0.4, 0.5) is 0 Å². The molecule has 8 rings (SSSR count). The highest BCUT2D eigenvalue weighted by atomic mass is 32.2. The van der Waals surface area contributed by atoms with E-state index >= 15 is 0 Å². The normalized spacial score (nSPS) is 12.4. The van der Waals surface area contributed by atoms with E-state index in [4.69, 9.17) is 60.2 Å². The summed E-state index contributed by atoms with van der Waals surface area (Å²) in [6.07, 6.45) is 4.05. The molecule has 1 aliphatic heterocycles. The molecule has 1 aliphatic rings. The first-order chi connectivity index (χ1) is 36.7. The van der Waals surface area contributed by atoms with Gasteiger partial charge in [0.2, 0.25) is 0 Å². The Morgan fingerprint density at radius 2 is 0.974 bits per heavy atom. The number of aliphatic hydroxyl groups excluding tert-OH is 2. The van der Waals surface area contributed by atoms with E-state index in [1.807, 2.05) is 24.3 Å². The van der Waals surface area contributed by atoms with Gasteiger partial charge in [-0.05, 0) is 104 Å². The van der Waals surface area contributed by atoms with Gasteiger partial charge < -0.3 is 40.6 Å². The third-order valence-corrected chi connectivity index (χ3v) is 14.5. The van der Waals surface area contributed by atoms with Crippen molar-refractivity contribution in [2.75, 3.05) is 51.5 Å². The maximum atomic E-state index is 11.2. The molecule has 0 atom stereocenters. The lowest BCUT2D eigenvalue weighted by Gasteiger charge is -2.24. The number of para-hydroxylation sites is 1. The van der Waals surface area contributed by atoms with Gasteiger partial charge in [0.15, 0.2) is 0 Å². The van der Waals surface area contributed by atoms with E-state index in [0.717, 1.165) is 68.9 Å². The Balaban J connectivity index is 0.000000226. The van der Waals surface area contributed by atoms with Crippen LogP contribution in [-0.2, 0) is 60.0 Å². The number of nitrogens with one attached hydrogen (secondary N) is 2. The van der Waals surface area contributed by atoms with Crippen LogP contribution >= 0.6 is 0 Å². The molecule has 0 fully saturated rings. The number of nitrogens with two attached hydrogens (primary N) is 2. The lowest BCUT2D eigenvalue weighted by molar-refractivity contribution is 0.279. The average Bonchev–Trinajstić information content (AvgIpc) is 3.76. The number of nitrogens with zero attached hydrogens (tertiary/aromatic N) is 2. The lowest BCUT2D eigenvalue weighted by atomic mass is 10.1. The molecule has 1 aromatic heterocycles. The summed E-state index contributed by atoms with van der Waals surface area (Å²) >= 11 is 0. The number of rotatable bonds is 18. The number of likely N-dealkylation sites (N-methyl/N-ethyl adjacent to an activating group) is 1. The number of hydrogen-bond acceptors (Lipinski definition) is 15. The van der Waals surface area contributed by atoms with Gasteiger partial charge in [-0.2, -0.15) is 33.7 Å². The van der Waals surface area contributed by atoms with Crippen LogP contribution in [0, 0.1) is 10.8 Å². The van der Waals surface area contributed by atoms with E-state index in [2.05, 4.69) is 71.1 Å². The number of amidine groups is 2. The second-order valence-corrected chi connectivity index (χ2v) is 23.1. The summed E-state index contributed by atoms with van der Waals surface area (Å²) in [4.78, 5) is 1.60. The SMILES string of the molecule is CN1CCc2c(c3ccccc3n2Cc2ccccc2)C1.N=C(N)c1ccc(OCCCCCOc2ccc(C(=N)N)cc2)cc1.O=S(=O)(O)CCO.O=S(=O)(O)CCO.O=S(=O)(O)c1cccc2c(S(=O)(=O)O)cccc12. The highest BCUT2D eigenvalue weighted by Crippen LogP contribution is 2.32. The first-order valence-electron chi connectivity index (χ1n) is 23.8. The van der Waals surface area contributed by atoms with E-state index in [1.165, 1.54) is 52.0 Å². The minimum absolute atomic E-state index is 0.0233. The molecule has 0 radical (unpaired) electrons. The van der Waals surface area contributed by atoms with Gasteiger partial charge in [0.1, 0.15) is 33.0 Å². The van der Waals surface area contributed by atoms with Gasteiger partial charge in [-0.1, -0.05) is 72.8 Å². The number of aromatic nitrogens is 1. The van der Waals surface area contributed by atoms with Crippen molar-refractivity contribution in [1.29, 1.82) is 10.8 Å². The van der Waals surface area contributed by atoms with E-state index in [-0.39, 0.29) is 22.4 Å². The second kappa shape index (κ2) is 29.8. The minimum atomic E-state index is -4.47. The lowest BCUT2D eigenvalue weighted by Crippen LogP contribution is -2.27. The second-order valence-electron chi connectivity index (χ2n) is 17.2. The Hall–Kier alpha value is -6.82. The highest BCUT2D eigenvalue weighted by molar-refractivity contribution is 7.86. The van der Waals surface area contributed by atoms with Gasteiger partial charge in [0.25, 0.3) is 40.5 Å². The van der Waals surface area contributed by atoms with E-state index in [9.17, 15) is 33.7 Å². The van der Waals surface area contributed by atoms with Crippen molar-refractivity contribution in [2.45, 2.75) is 48.6 Å². The molecule has 26 heteroatoms. The zero-order valence-corrected chi connectivity index (χ0v) is 45.7. The average molecular weight is 1160 g/mol. The van der Waals surface area contributed by atoms with Crippen LogP contribution in [-0.4, -0.2) is 135 Å². The molecule has 0 amide bonds. The number of benzene rings is 6. The summed E-state index contributed by atoms with van der Waals surface area (Å²) in [7, 11) is -14.6. The first-order valence-corrected chi connectivity index (χ1v) is 29.9. The zero-order chi connectivity index (χ0) is 57.7. The number of fused-ring (bicyclic) bond motifs is 4. The van der Waals surface area contributed by atoms with E-state index in [1.54, 1.807) is 24.3 Å². The van der Waals surface area contributed by atoms with Gasteiger partial charge in [0.05, 0.1) is 37.9 Å². The standard InChI is InChI=1S/C19H24N4O2.C19H20N2.C10H8O6S2.2C2H6O4S/c20-18(21)14-4-8-16(9-5-14)24-12-2-1-3-13-25-17-10-6-15(7-11-17)19(22)23;1-20-12-11-19-17(14-20)16-9-5-6-10-18(16)21(19)13-15-7-3-2-4-8-15;11-17(12,13)9-5-1-3-7-8(9)4-2-6-10(7)18(14,15)16;2*3-1-2-7(4,5)6/h4-11H,1-3,12-13H2,(H3,20,21)(H3,22,23);2-10H,11-14H2,1H3;1-6H,(H,11,12,13)(H,14,15,16);2*3H,1-2H2,(H,4,5,6). The van der Waals surface area contributed by atoms with Crippen molar-refractivity contribution in [1.82, 2.24) is 9.47 Å². The fraction of sp³-hybridized carbons (Fsp3) is 0.269. The van der Waals surface area contributed by atoms with Crippen LogP contribution in [0.1, 0.15) is 47.2 Å². The summed E-state index contributed by atoms with van der Waals surface area (Å²) in [5.41, 5.74) is 18.0. The topological polar surface area (TPSA) is 384 Å². The van der Waals surface area contributed by atoms with Crippen molar-refractivity contribution in [3.8, 4) is 11.5 Å². The Bertz CT molecular complexity index is 3380. The quantitative estimate of drug-likeness (QED) is 0.0215. The van der Waals surface area contributed by atoms with Crippen LogP contribution in [0.15, 0.2) is 149 Å². The van der Waals surface area contributed by atoms with Crippen molar-refractivity contribution >= 4 is 73.8 Å². The molecule has 0 aliphatic carbocycles. The molecule has 0 bridgehead atoms. The predicted octanol–water partition coefficient (Wildman–Crippen LogP) is 5.63. The van der Waals surface area contributed by atoms with Gasteiger partial charge in [-0.15, -0.1) is 0 Å². The molecule has 0 spiro atoms. The van der Waals surface area contributed by atoms with Crippen LogP contribution < -0.4 is 20.9 Å². The van der Waals surface area contributed by atoms with E-state index in [0.29, 0.717) is 24.3 Å². The van der Waals surface area contributed by atoms with Gasteiger partial charge in [0, 0.05) is 64.6 Å². The Morgan fingerprint density at radius 1 is 0.551 bits per heavy atom. The molecule has 2 heterocycles. The fourth-order valence-electron chi connectivity index (χ4n) is 7.64. The number of aliphatic hydroxyl groups is 2. The van der Waals surface area contributed by atoms with Gasteiger partial charge in [-0.3, -0.25) is 29.0 Å². The largest absolute Gasteiger partial charge is 0.494 e. The Kier molecular flexibility index (Phi) is 24.3. The van der Waals surface area contributed by atoms with Crippen LogP contribution in [0.5, 0.6) is 11.5 Å². The maximum Gasteiger partial charge on any atom is 0.295 e. The maximum absolute atomic E-state index is 11.2. The smallest absolute Gasteiger partial charge is 0.295 e. The summed E-state index contributed by atoms with van der Waals surface area (Å²) in [5.74, 6) is 0.531. The highest BCUT2D eigenvalue weighted by Gasteiger charge is 2.22. The van der Waals surface area contributed by atoms with E-state index < -0.39 is 75.0 Å². The number of ether oxygens (including phenoxy) is 2. The Morgan fingerprint density at radius 3 is 1.37 bits per heavy atom. The summed E-state index contributed by atoms with van der Waals surface area (Å²) in [5, 5.41) is 31.9. The summed E-state index contributed by atoms with van der Waals surface area (Å²) in [6, 6.07) is 41.6. The minimum Gasteiger partial charge on any atom is -0.494 e.